The minimum absolute atomic E-state index is 0.169. The number of rotatable bonds is 5. The smallest absolute Gasteiger partial charge is 0.348 e. The molecule has 0 heterocycles. The number of nitrogens with zero attached hydrogens (tertiary/aromatic N) is 1. The van der Waals surface area contributed by atoms with E-state index in [0.717, 1.165) is 12.8 Å². The van der Waals surface area contributed by atoms with Gasteiger partial charge in [-0.15, -0.1) is 0 Å². The molecular formula is C12H17NO3. The van der Waals surface area contributed by atoms with Crippen LogP contribution in [-0.4, -0.2) is 25.3 Å². The Bertz CT molecular complexity index is 287. The number of carbonyl (C=O) groups is 1. The van der Waals surface area contributed by atoms with E-state index in [4.69, 9.17) is 14.7 Å². The van der Waals surface area contributed by atoms with Crippen LogP contribution in [0.5, 0.6) is 0 Å². The average Bonchev–Trinajstić information content (AvgIpc) is 2.34. The molecule has 4 heteroatoms. The number of hydrogen-bond acceptors (Lipinski definition) is 4. The molecule has 0 aromatic carbocycles. The topological polar surface area (TPSA) is 59.3 Å². The van der Waals surface area contributed by atoms with Crippen LogP contribution in [0, 0.1) is 11.3 Å². The summed E-state index contributed by atoms with van der Waals surface area (Å²) in [4.78, 5) is 11.0. The van der Waals surface area contributed by atoms with Crippen LogP contribution in [0.25, 0.3) is 0 Å². The molecule has 1 rings (SSSR count). The third-order valence-corrected chi connectivity index (χ3v) is 2.60. The molecule has 0 atom stereocenters. The van der Waals surface area contributed by atoms with Gasteiger partial charge in [0, 0.05) is 0 Å². The van der Waals surface area contributed by atoms with Gasteiger partial charge in [0.2, 0.25) is 0 Å². The second kappa shape index (κ2) is 7.02. The Kier molecular flexibility index (Phi) is 5.58. The average molecular weight is 223 g/mol. The monoisotopic (exact) mass is 223 g/mol. The summed E-state index contributed by atoms with van der Waals surface area (Å²) in [5.41, 5.74) is -0.169. The third kappa shape index (κ3) is 4.45. The van der Waals surface area contributed by atoms with E-state index in [2.05, 4.69) is 6.58 Å². The van der Waals surface area contributed by atoms with Crippen molar-refractivity contribution in [2.75, 3.05) is 13.2 Å². The highest BCUT2D eigenvalue weighted by atomic mass is 16.6. The Morgan fingerprint density at radius 3 is 2.62 bits per heavy atom. The fourth-order valence-corrected chi connectivity index (χ4v) is 1.71. The molecule has 0 aromatic rings. The normalized spacial score (nSPS) is 16.4. The van der Waals surface area contributed by atoms with Gasteiger partial charge in [0.25, 0.3) is 0 Å². The van der Waals surface area contributed by atoms with Crippen molar-refractivity contribution in [3.05, 3.63) is 12.2 Å². The zero-order valence-corrected chi connectivity index (χ0v) is 9.41. The van der Waals surface area contributed by atoms with Crippen LogP contribution in [0.3, 0.4) is 0 Å². The molecule has 0 radical (unpaired) electrons. The summed E-state index contributed by atoms with van der Waals surface area (Å²) >= 11 is 0. The lowest BCUT2D eigenvalue weighted by Gasteiger charge is -2.21. The number of ether oxygens (including phenoxy) is 2. The van der Waals surface area contributed by atoms with E-state index in [1.54, 1.807) is 6.07 Å². The Morgan fingerprint density at radius 2 is 2.00 bits per heavy atom. The van der Waals surface area contributed by atoms with Crippen molar-refractivity contribution >= 4 is 5.97 Å². The second-order valence-corrected chi connectivity index (χ2v) is 3.86. The van der Waals surface area contributed by atoms with Gasteiger partial charge in [-0.1, -0.05) is 25.8 Å². The first-order valence-electron chi connectivity index (χ1n) is 5.61. The SMILES string of the molecule is C=C(C#N)C(=O)OCCOC1CCCCC1. The quantitative estimate of drug-likeness (QED) is 0.309. The first-order valence-corrected chi connectivity index (χ1v) is 5.61. The maximum Gasteiger partial charge on any atom is 0.348 e. The van der Waals surface area contributed by atoms with Crippen LogP contribution >= 0.6 is 0 Å². The summed E-state index contributed by atoms with van der Waals surface area (Å²) in [6, 6.07) is 1.65. The van der Waals surface area contributed by atoms with Crippen LogP contribution in [0.2, 0.25) is 0 Å². The van der Waals surface area contributed by atoms with Crippen molar-refractivity contribution in [3.8, 4) is 6.07 Å². The van der Waals surface area contributed by atoms with E-state index in [-0.39, 0.29) is 12.2 Å². The van der Waals surface area contributed by atoms with E-state index in [1.807, 2.05) is 0 Å². The van der Waals surface area contributed by atoms with Crippen molar-refractivity contribution in [3.63, 3.8) is 0 Å². The first-order chi connectivity index (χ1) is 7.74. The molecule has 16 heavy (non-hydrogen) atoms. The highest BCUT2D eigenvalue weighted by molar-refractivity contribution is 5.91. The van der Waals surface area contributed by atoms with Crippen molar-refractivity contribution in [2.24, 2.45) is 0 Å². The van der Waals surface area contributed by atoms with Gasteiger partial charge in [-0.2, -0.15) is 5.26 Å². The molecule has 0 unspecified atom stereocenters. The molecule has 0 bridgehead atoms. The Hall–Kier alpha value is -1.34. The summed E-state index contributed by atoms with van der Waals surface area (Å²) < 4.78 is 10.4. The Balaban J connectivity index is 2.05. The van der Waals surface area contributed by atoms with E-state index >= 15 is 0 Å². The molecule has 1 aliphatic rings. The first kappa shape index (κ1) is 12.7. The fourth-order valence-electron chi connectivity index (χ4n) is 1.71. The lowest BCUT2D eigenvalue weighted by atomic mass is 9.98. The van der Waals surface area contributed by atoms with E-state index in [9.17, 15) is 4.79 Å². The van der Waals surface area contributed by atoms with Crippen molar-refractivity contribution in [2.45, 2.75) is 38.2 Å². The molecular weight excluding hydrogens is 206 g/mol. The standard InChI is InChI=1S/C12H17NO3/c1-10(9-13)12(14)16-8-7-15-11-5-3-2-4-6-11/h11H,1-8H2. The summed E-state index contributed by atoms with van der Waals surface area (Å²) in [6.07, 6.45) is 6.23. The summed E-state index contributed by atoms with van der Waals surface area (Å²) in [6.45, 7) is 3.85. The minimum atomic E-state index is -0.658. The fraction of sp³-hybridized carbons (Fsp3) is 0.667. The van der Waals surface area contributed by atoms with Gasteiger partial charge in [0.15, 0.2) is 0 Å². The number of carbonyl (C=O) groups excluding carboxylic acids is 1. The Morgan fingerprint density at radius 1 is 1.31 bits per heavy atom. The van der Waals surface area contributed by atoms with Gasteiger partial charge in [-0.3, -0.25) is 0 Å². The van der Waals surface area contributed by atoms with Crippen LogP contribution < -0.4 is 0 Å². The molecule has 0 amide bonds. The van der Waals surface area contributed by atoms with E-state index < -0.39 is 5.97 Å². The molecule has 88 valence electrons. The molecule has 0 saturated heterocycles. The summed E-state index contributed by atoms with van der Waals surface area (Å²) in [5.74, 6) is -0.658. The van der Waals surface area contributed by atoms with Gasteiger partial charge >= 0.3 is 5.97 Å². The minimum Gasteiger partial charge on any atom is -0.459 e. The molecule has 1 fully saturated rings. The van der Waals surface area contributed by atoms with Gasteiger partial charge in [-0.25, -0.2) is 4.79 Å². The zero-order valence-electron chi connectivity index (χ0n) is 9.41. The largest absolute Gasteiger partial charge is 0.459 e. The highest BCUT2D eigenvalue weighted by Gasteiger charge is 2.13. The molecule has 0 N–H and O–H groups in total. The van der Waals surface area contributed by atoms with Crippen LogP contribution in [0.1, 0.15) is 32.1 Å². The second-order valence-electron chi connectivity index (χ2n) is 3.86. The Labute approximate surface area is 95.8 Å². The van der Waals surface area contributed by atoms with Crippen molar-refractivity contribution in [1.29, 1.82) is 5.26 Å². The lowest BCUT2D eigenvalue weighted by molar-refractivity contribution is -0.140. The van der Waals surface area contributed by atoms with Crippen LogP contribution in [-0.2, 0) is 14.3 Å². The van der Waals surface area contributed by atoms with Gasteiger partial charge < -0.3 is 9.47 Å². The van der Waals surface area contributed by atoms with Crippen molar-refractivity contribution in [1.82, 2.24) is 0 Å². The zero-order chi connectivity index (χ0) is 11.8. The number of hydrogen-bond donors (Lipinski definition) is 0. The molecule has 0 spiro atoms. The van der Waals surface area contributed by atoms with Crippen LogP contribution in [0.4, 0.5) is 0 Å². The predicted octanol–water partition coefficient (Wildman–Crippen LogP) is 1.96. The van der Waals surface area contributed by atoms with E-state index in [1.165, 1.54) is 19.3 Å². The molecule has 0 aromatic heterocycles. The lowest BCUT2D eigenvalue weighted by Crippen LogP contribution is -2.20. The maximum atomic E-state index is 11.0. The molecule has 1 aliphatic carbocycles. The van der Waals surface area contributed by atoms with E-state index in [0.29, 0.717) is 12.7 Å². The van der Waals surface area contributed by atoms with Crippen molar-refractivity contribution < 1.29 is 14.3 Å². The third-order valence-electron chi connectivity index (χ3n) is 2.60. The maximum absolute atomic E-state index is 11.0. The highest BCUT2D eigenvalue weighted by Crippen LogP contribution is 2.19. The van der Waals surface area contributed by atoms with Crippen LogP contribution in [0.15, 0.2) is 12.2 Å². The number of nitriles is 1. The summed E-state index contributed by atoms with van der Waals surface area (Å²) in [5, 5.41) is 8.38. The predicted molar refractivity (Wildman–Crippen MR) is 58.5 cm³/mol. The molecule has 4 nitrogen and oxygen atoms in total. The molecule has 1 saturated carbocycles. The number of esters is 1. The molecule has 0 aliphatic heterocycles. The van der Waals surface area contributed by atoms with Gasteiger partial charge in [-0.05, 0) is 12.8 Å². The van der Waals surface area contributed by atoms with Gasteiger partial charge in [0.1, 0.15) is 18.2 Å². The van der Waals surface area contributed by atoms with Gasteiger partial charge in [0.05, 0.1) is 12.7 Å². The summed E-state index contributed by atoms with van der Waals surface area (Å²) in [7, 11) is 0.